The molecule has 4 heteroatoms. The third kappa shape index (κ3) is 13.4. The highest BCUT2D eigenvalue weighted by Crippen LogP contribution is 2.22. The van der Waals surface area contributed by atoms with Crippen molar-refractivity contribution < 1.29 is 14.7 Å². The van der Waals surface area contributed by atoms with Crippen LogP contribution in [0.4, 0.5) is 0 Å². The second kappa shape index (κ2) is 15.5. The van der Waals surface area contributed by atoms with Crippen LogP contribution in [0.25, 0.3) is 0 Å². The molecule has 0 aliphatic heterocycles. The second-order valence-electron chi connectivity index (χ2n) is 7.12. The number of hydrogen-bond donors (Lipinski definition) is 1. The van der Waals surface area contributed by atoms with Crippen LogP contribution in [-0.2, 0) is 9.59 Å². The number of carbonyl (C=O) groups is 2. The van der Waals surface area contributed by atoms with Gasteiger partial charge in [-0.3, -0.25) is 9.59 Å². The van der Waals surface area contributed by atoms with Gasteiger partial charge >= 0.3 is 5.97 Å². The molecular weight excluding hydrogens is 302 g/mol. The Bertz CT molecular complexity index is 317. The maximum atomic E-state index is 12.2. The summed E-state index contributed by atoms with van der Waals surface area (Å²) >= 11 is 0. The van der Waals surface area contributed by atoms with Crippen molar-refractivity contribution in [1.82, 2.24) is 4.90 Å². The molecule has 0 aromatic rings. The number of aliphatic carboxylic acids is 1. The summed E-state index contributed by atoms with van der Waals surface area (Å²) in [6, 6.07) is 0. The summed E-state index contributed by atoms with van der Waals surface area (Å²) < 4.78 is 0. The van der Waals surface area contributed by atoms with E-state index in [1.165, 1.54) is 69.1 Å². The van der Waals surface area contributed by atoms with Gasteiger partial charge in [-0.2, -0.15) is 0 Å². The molecule has 0 radical (unpaired) electrons. The number of hydrogen-bond acceptors (Lipinski definition) is 2. The van der Waals surface area contributed by atoms with Gasteiger partial charge in [0, 0.05) is 13.5 Å². The summed E-state index contributed by atoms with van der Waals surface area (Å²) in [4.78, 5) is 24.3. The van der Waals surface area contributed by atoms with Crippen molar-refractivity contribution in [2.45, 2.75) is 97.3 Å². The van der Waals surface area contributed by atoms with Gasteiger partial charge in [0.05, 0.1) is 0 Å². The lowest BCUT2D eigenvalue weighted by Gasteiger charge is -2.20. The van der Waals surface area contributed by atoms with Crippen molar-refractivity contribution in [3.05, 3.63) is 0 Å². The van der Waals surface area contributed by atoms with E-state index in [0.29, 0.717) is 12.3 Å². The van der Waals surface area contributed by atoms with Gasteiger partial charge in [0.25, 0.3) is 0 Å². The molecular formula is C20H39NO3. The van der Waals surface area contributed by atoms with Gasteiger partial charge in [0.1, 0.15) is 6.54 Å². The van der Waals surface area contributed by atoms with Gasteiger partial charge in [0.15, 0.2) is 0 Å². The third-order valence-electron chi connectivity index (χ3n) is 4.69. The number of likely N-dealkylation sites (N-methyl/N-ethyl adjacent to an activating group) is 1. The van der Waals surface area contributed by atoms with Crippen molar-refractivity contribution in [2.24, 2.45) is 5.92 Å². The molecule has 1 N–H and O–H groups in total. The highest BCUT2D eigenvalue weighted by atomic mass is 16.4. The first-order valence-corrected chi connectivity index (χ1v) is 9.96. The normalized spacial score (nSPS) is 11.0. The van der Waals surface area contributed by atoms with E-state index in [0.717, 1.165) is 12.8 Å². The SMILES string of the molecule is CCCCCCCC(CCCCCCC)CC(=O)N(C)CC(=O)O. The third-order valence-corrected chi connectivity index (χ3v) is 4.69. The Kier molecular flexibility index (Phi) is 14.8. The van der Waals surface area contributed by atoms with Gasteiger partial charge < -0.3 is 10.0 Å². The molecule has 0 bridgehead atoms. The van der Waals surface area contributed by atoms with Crippen LogP contribution in [0.3, 0.4) is 0 Å². The van der Waals surface area contributed by atoms with E-state index < -0.39 is 5.97 Å². The van der Waals surface area contributed by atoms with E-state index in [4.69, 9.17) is 5.11 Å². The molecule has 0 saturated carbocycles. The minimum Gasteiger partial charge on any atom is -0.480 e. The summed E-state index contributed by atoms with van der Waals surface area (Å²) in [5.41, 5.74) is 0. The van der Waals surface area contributed by atoms with Gasteiger partial charge in [-0.05, 0) is 18.8 Å². The van der Waals surface area contributed by atoms with E-state index in [1.54, 1.807) is 7.05 Å². The number of amides is 1. The molecule has 0 aliphatic carbocycles. The molecule has 0 rings (SSSR count). The maximum Gasteiger partial charge on any atom is 0.323 e. The van der Waals surface area contributed by atoms with Crippen molar-refractivity contribution in [2.75, 3.05) is 13.6 Å². The fourth-order valence-electron chi connectivity index (χ4n) is 3.12. The van der Waals surface area contributed by atoms with Crippen LogP contribution < -0.4 is 0 Å². The first-order chi connectivity index (χ1) is 11.5. The number of carboxylic acid groups (broad SMARTS) is 1. The zero-order valence-corrected chi connectivity index (χ0v) is 16.2. The molecule has 4 nitrogen and oxygen atoms in total. The zero-order chi connectivity index (χ0) is 18.2. The van der Waals surface area contributed by atoms with Gasteiger partial charge in [-0.1, -0.05) is 78.1 Å². The van der Waals surface area contributed by atoms with Crippen molar-refractivity contribution in [1.29, 1.82) is 0 Å². The number of carboxylic acids is 1. The predicted molar refractivity (Wildman–Crippen MR) is 100 cm³/mol. The number of carbonyl (C=O) groups excluding carboxylic acids is 1. The highest BCUT2D eigenvalue weighted by Gasteiger charge is 2.18. The standard InChI is InChI=1S/C20H39NO3/c1-4-6-8-10-12-14-18(15-13-11-9-7-5-2)16-19(22)21(3)17-20(23)24/h18H,4-17H2,1-3H3,(H,23,24). The van der Waals surface area contributed by atoms with Crippen LogP contribution in [0.15, 0.2) is 0 Å². The van der Waals surface area contributed by atoms with E-state index in [2.05, 4.69) is 13.8 Å². The first kappa shape index (κ1) is 22.9. The minimum absolute atomic E-state index is 0.0236. The van der Waals surface area contributed by atoms with Crippen LogP contribution >= 0.6 is 0 Å². The molecule has 0 heterocycles. The molecule has 1 amide bonds. The zero-order valence-electron chi connectivity index (χ0n) is 16.2. The number of nitrogens with zero attached hydrogens (tertiary/aromatic N) is 1. The van der Waals surface area contributed by atoms with Gasteiger partial charge in [-0.15, -0.1) is 0 Å². The smallest absolute Gasteiger partial charge is 0.323 e. The Morgan fingerprint density at radius 3 is 1.71 bits per heavy atom. The van der Waals surface area contributed by atoms with Crippen molar-refractivity contribution in [3.8, 4) is 0 Å². The number of unbranched alkanes of at least 4 members (excludes halogenated alkanes) is 8. The maximum absolute atomic E-state index is 12.2. The summed E-state index contributed by atoms with van der Waals surface area (Å²) in [5, 5.41) is 8.82. The largest absolute Gasteiger partial charge is 0.480 e. The summed E-state index contributed by atoms with van der Waals surface area (Å²) in [6.45, 7) is 4.24. The molecule has 142 valence electrons. The Morgan fingerprint density at radius 1 is 0.833 bits per heavy atom. The summed E-state index contributed by atoms with van der Waals surface area (Å²) in [6.07, 6.45) is 15.2. The van der Waals surface area contributed by atoms with E-state index in [9.17, 15) is 9.59 Å². The molecule has 0 fully saturated rings. The van der Waals surface area contributed by atoms with Crippen molar-refractivity contribution >= 4 is 11.9 Å². The second-order valence-corrected chi connectivity index (χ2v) is 7.12. The fourth-order valence-corrected chi connectivity index (χ4v) is 3.12. The quantitative estimate of drug-likeness (QED) is 0.390. The number of rotatable bonds is 16. The van der Waals surface area contributed by atoms with Crippen molar-refractivity contribution in [3.63, 3.8) is 0 Å². The fraction of sp³-hybridized carbons (Fsp3) is 0.900. The molecule has 0 spiro atoms. The molecule has 0 aromatic carbocycles. The Labute approximate surface area is 149 Å². The van der Waals surface area contributed by atoms with Crippen LogP contribution in [-0.4, -0.2) is 35.5 Å². The molecule has 0 aliphatic rings. The van der Waals surface area contributed by atoms with Crippen LogP contribution in [0.5, 0.6) is 0 Å². The predicted octanol–water partition coefficient (Wildman–Crippen LogP) is 5.26. The van der Waals surface area contributed by atoms with E-state index in [-0.39, 0.29) is 12.5 Å². The van der Waals surface area contributed by atoms with Gasteiger partial charge in [0.2, 0.25) is 5.91 Å². The molecule has 0 saturated heterocycles. The average Bonchev–Trinajstić information content (AvgIpc) is 2.53. The molecule has 0 aromatic heterocycles. The first-order valence-electron chi connectivity index (χ1n) is 9.96. The van der Waals surface area contributed by atoms with Crippen LogP contribution in [0.1, 0.15) is 97.3 Å². The Hall–Kier alpha value is -1.06. The Morgan fingerprint density at radius 2 is 1.29 bits per heavy atom. The van der Waals surface area contributed by atoms with Gasteiger partial charge in [-0.25, -0.2) is 0 Å². The Balaban J connectivity index is 4.22. The minimum atomic E-state index is -0.943. The van der Waals surface area contributed by atoms with E-state index >= 15 is 0 Å². The molecule has 0 atom stereocenters. The summed E-state index contributed by atoms with van der Waals surface area (Å²) in [5.74, 6) is -0.553. The van der Waals surface area contributed by atoms with E-state index in [1.807, 2.05) is 0 Å². The van der Waals surface area contributed by atoms with Crippen LogP contribution in [0.2, 0.25) is 0 Å². The monoisotopic (exact) mass is 341 g/mol. The lowest BCUT2D eigenvalue weighted by molar-refractivity contribution is -0.143. The lowest BCUT2D eigenvalue weighted by Crippen LogP contribution is -2.33. The lowest BCUT2D eigenvalue weighted by atomic mass is 9.91. The summed E-state index contributed by atoms with van der Waals surface area (Å²) in [7, 11) is 1.59. The highest BCUT2D eigenvalue weighted by molar-refractivity contribution is 5.81. The topological polar surface area (TPSA) is 57.6 Å². The average molecular weight is 342 g/mol. The molecule has 24 heavy (non-hydrogen) atoms. The van der Waals surface area contributed by atoms with Crippen LogP contribution in [0, 0.1) is 5.92 Å². The molecule has 0 unspecified atom stereocenters.